The number of hydrogen-bond acceptors (Lipinski definition) is 6. The number of hydrogen-bond donors (Lipinski definition) is 1. The number of carbonyl (C=O) groups is 1. The van der Waals surface area contributed by atoms with Gasteiger partial charge in [-0.3, -0.25) is 14.6 Å². The molecule has 8 heteroatoms. The van der Waals surface area contributed by atoms with Crippen molar-refractivity contribution in [3.63, 3.8) is 0 Å². The van der Waals surface area contributed by atoms with E-state index in [1.54, 1.807) is 29.4 Å². The fourth-order valence-electron chi connectivity index (χ4n) is 2.57. The topological polar surface area (TPSA) is 105 Å². The molecular formula is C16H13N5O3. The summed E-state index contributed by atoms with van der Waals surface area (Å²) in [6.45, 7) is 0.893. The number of likely N-dealkylation sites (tertiary alicyclic amines) is 1. The fourth-order valence-corrected chi connectivity index (χ4v) is 2.57. The highest BCUT2D eigenvalue weighted by atomic mass is 16.5. The second-order valence-corrected chi connectivity index (χ2v) is 5.52. The largest absolute Gasteiger partial charge is 0.339 e. The van der Waals surface area contributed by atoms with Crippen LogP contribution in [0.4, 0.5) is 0 Å². The van der Waals surface area contributed by atoms with Gasteiger partial charge in [0.05, 0.1) is 5.92 Å². The summed E-state index contributed by atoms with van der Waals surface area (Å²) < 4.78 is 5.29. The Balaban J connectivity index is 1.45. The van der Waals surface area contributed by atoms with Gasteiger partial charge in [0.2, 0.25) is 11.7 Å². The molecule has 24 heavy (non-hydrogen) atoms. The van der Waals surface area contributed by atoms with Gasteiger partial charge in [-0.2, -0.15) is 4.98 Å². The highest BCUT2D eigenvalue weighted by Gasteiger charge is 2.36. The lowest BCUT2D eigenvalue weighted by atomic mass is 9.99. The molecule has 1 saturated heterocycles. The van der Waals surface area contributed by atoms with E-state index in [2.05, 4.69) is 20.1 Å². The molecule has 0 atom stereocenters. The first-order chi connectivity index (χ1) is 11.7. The quantitative estimate of drug-likeness (QED) is 0.772. The van der Waals surface area contributed by atoms with Crippen molar-refractivity contribution < 1.29 is 9.32 Å². The van der Waals surface area contributed by atoms with Gasteiger partial charge in [0.15, 0.2) is 0 Å². The first kappa shape index (κ1) is 14.3. The van der Waals surface area contributed by atoms with Gasteiger partial charge in [-0.1, -0.05) is 5.16 Å². The standard InChI is InChI=1S/C16H13N5O3/c22-14-12(4-2-6-18-14)16(23)21-8-11(9-21)15-19-13(20-24-15)10-3-1-5-17-7-10/h1-7,11H,8-9H2,(H,18,22). The van der Waals surface area contributed by atoms with E-state index < -0.39 is 0 Å². The van der Waals surface area contributed by atoms with Crippen molar-refractivity contribution in [2.24, 2.45) is 0 Å². The van der Waals surface area contributed by atoms with Gasteiger partial charge in [0.1, 0.15) is 5.56 Å². The molecule has 3 aromatic heterocycles. The van der Waals surface area contributed by atoms with Crippen LogP contribution in [0.3, 0.4) is 0 Å². The molecule has 4 rings (SSSR count). The predicted molar refractivity (Wildman–Crippen MR) is 83.2 cm³/mol. The van der Waals surface area contributed by atoms with E-state index in [4.69, 9.17) is 4.52 Å². The third-order valence-corrected chi connectivity index (χ3v) is 3.93. The molecule has 0 aliphatic carbocycles. The Morgan fingerprint density at radius 3 is 2.92 bits per heavy atom. The minimum absolute atomic E-state index is 0.0188. The van der Waals surface area contributed by atoms with Gasteiger partial charge in [-0.15, -0.1) is 0 Å². The van der Waals surface area contributed by atoms with Crippen molar-refractivity contribution in [1.29, 1.82) is 0 Å². The summed E-state index contributed by atoms with van der Waals surface area (Å²) in [5.74, 6) is 0.650. The molecule has 3 aromatic rings. The Morgan fingerprint density at radius 1 is 1.29 bits per heavy atom. The smallest absolute Gasteiger partial charge is 0.260 e. The van der Waals surface area contributed by atoms with E-state index in [9.17, 15) is 9.59 Å². The first-order valence-electron chi connectivity index (χ1n) is 7.43. The average molecular weight is 323 g/mol. The van der Waals surface area contributed by atoms with Crippen LogP contribution in [0.5, 0.6) is 0 Å². The number of amides is 1. The molecule has 0 bridgehead atoms. The number of carbonyl (C=O) groups excluding carboxylic acids is 1. The number of nitrogens with one attached hydrogen (secondary N) is 1. The van der Waals surface area contributed by atoms with Crippen LogP contribution in [0.2, 0.25) is 0 Å². The number of nitrogens with zero attached hydrogens (tertiary/aromatic N) is 4. The molecule has 1 amide bonds. The lowest BCUT2D eigenvalue weighted by Crippen LogP contribution is -2.49. The van der Waals surface area contributed by atoms with Crippen LogP contribution in [-0.2, 0) is 0 Å². The maximum atomic E-state index is 12.3. The molecule has 0 aromatic carbocycles. The number of aromatic amines is 1. The summed E-state index contributed by atoms with van der Waals surface area (Å²) in [5, 5.41) is 3.95. The summed E-state index contributed by atoms with van der Waals surface area (Å²) in [6.07, 6.45) is 4.83. The van der Waals surface area contributed by atoms with Crippen molar-refractivity contribution in [3.8, 4) is 11.4 Å². The van der Waals surface area contributed by atoms with Gasteiger partial charge in [-0.25, -0.2) is 0 Å². The van der Waals surface area contributed by atoms with Crippen LogP contribution in [0.15, 0.2) is 52.2 Å². The number of pyridine rings is 2. The summed E-state index contributed by atoms with van der Waals surface area (Å²) in [4.78, 5) is 36.4. The van der Waals surface area contributed by atoms with E-state index in [-0.39, 0.29) is 22.9 Å². The second kappa shape index (κ2) is 5.73. The summed E-state index contributed by atoms with van der Waals surface area (Å²) in [6, 6.07) is 6.79. The monoisotopic (exact) mass is 323 g/mol. The van der Waals surface area contributed by atoms with Gasteiger partial charge in [0, 0.05) is 37.2 Å². The number of aromatic nitrogens is 4. The van der Waals surface area contributed by atoms with Gasteiger partial charge >= 0.3 is 0 Å². The van der Waals surface area contributed by atoms with Crippen molar-refractivity contribution in [1.82, 2.24) is 25.0 Å². The zero-order valence-corrected chi connectivity index (χ0v) is 12.5. The highest BCUT2D eigenvalue weighted by molar-refractivity contribution is 5.94. The van der Waals surface area contributed by atoms with Gasteiger partial charge in [0.25, 0.3) is 11.5 Å². The first-order valence-corrected chi connectivity index (χ1v) is 7.43. The zero-order chi connectivity index (χ0) is 16.5. The Labute approximate surface area is 136 Å². The molecule has 0 unspecified atom stereocenters. The molecular weight excluding hydrogens is 310 g/mol. The van der Waals surface area contributed by atoms with Crippen LogP contribution in [0.25, 0.3) is 11.4 Å². The lowest BCUT2D eigenvalue weighted by Gasteiger charge is -2.36. The molecule has 0 radical (unpaired) electrons. The average Bonchev–Trinajstić information content (AvgIpc) is 3.04. The Kier molecular flexibility index (Phi) is 3.42. The summed E-state index contributed by atoms with van der Waals surface area (Å²) in [5.41, 5.74) is 0.524. The third-order valence-electron chi connectivity index (χ3n) is 3.93. The van der Waals surface area contributed by atoms with Crippen molar-refractivity contribution in [3.05, 3.63) is 64.7 Å². The Hall–Kier alpha value is -3.29. The third kappa shape index (κ3) is 2.47. The normalized spacial score (nSPS) is 14.4. The van der Waals surface area contributed by atoms with Crippen LogP contribution in [0.1, 0.15) is 22.2 Å². The van der Waals surface area contributed by atoms with Crippen molar-refractivity contribution in [2.45, 2.75) is 5.92 Å². The van der Waals surface area contributed by atoms with Gasteiger partial charge in [-0.05, 0) is 24.3 Å². The van der Waals surface area contributed by atoms with E-state index >= 15 is 0 Å². The molecule has 120 valence electrons. The van der Waals surface area contributed by atoms with Crippen molar-refractivity contribution in [2.75, 3.05) is 13.1 Å². The molecule has 8 nitrogen and oxygen atoms in total. The van der Waals surface area contributed by atoms with Crippen LogP contribution in [0, 0.1) is 0 Å². The fraction of sp³-hybridized carbons (Fsp3) is 0.188. The number of H-pyrrole nitrogens is 1. The molecule has 1 aliphatic heterocycles. The molecule has 4 heterocycles. The van der Waals surface area contributed by atoms with E-state index in [1.165, 1.54) is 12.3 Å². The van der Waals surface area contributed by atoms with E-state index in [0.29, 0.717) is 24.8 Å². The molecule has 0 spiro atoms. The molecule has 0 saturated carbocycles. The SMILES string of the molecule is O=C(c1ccc[nH]c1=O)N1CC(c2nc(-c3cccnc3)no2)C1. The van der Waals surface area contributed by atoms with Crippen LogP contribution in [-0.4, -0.2) is 44.0 Å². The zero-order valence-electron chi connectivity index (χ0n) is 12.5. The minimum Gasteiger partial charge on any atom is -0.339 e. The summed E-state index contributed by atoms with van der Waals surface area (Å²) >= 11 is 0. The lowest BCUT2D eigenvalue weighted by molar-refractivity contribution is 0.0567. The minimum atomic E-state index is -0.386. The van der Waals surface area contributed by atoms with E-state index in [1.807, 2.05) is 6.07 Å². The molecule has 1 aliphatic rings. The Morgan fingerprint density at radius 2 is 2.17 bits per heavy atom. The summed E-state index contributed by atoms with van der Waals surface area (Å²) in [7, 11) is 0. The maximum Gasteiger partial charge on any atom is 0.260 e. The maximum absolute atomic E-state index is 12.3. The second-order valence-electron chi connectivity index (χ2n) is 5.52. The number of rotatable bonds is 3. The van der Waals surface area contributed by atoms with Crippen LogP contribution < -0.4 is 5.56 Å². The highest BCUT2D eigenvalue weighted by Crippen LogP contribution is 2.28. The van der Waals surface area contributed by atoms with E-state index in [0.717, 1.165) is 5.56 Å². The predicted octanol–water partition coefficient (Wildman–Crippen LogP) is 1.06. The van der Waals surface area contributed by atoms with Gasteiger partial charge < -0.3 is 14.4 Å². The Bertz CT molecular complexity index is 928. The van der Waals surface area contributed by atoms with Crippen molar-refractivity contribution >= 4 is 5.91 Å². The molecule has 1 fully saturated rings. The van der Waals surface area contributed by atoms with Crippen LogP contribution >= 0.6 is 0 Å². The molecule has 1 N–H and O–H groups in total.